The topological polar surface area (TPSA) is 21.3 Å². The van der Waals surface area contributed by atoms with Crippen LogP contribution in [-0.2, 0) is 4.74 Å². The van der Waals surface area contributed by atoms with Gasteiger partial charge in [0.2, 0.25) is 0 Å². The molecule has 70 valence electrons. The average Bonchev–Trinajstić information content (AvgIpc) is 2.62. The predicted molar refractivity (Wildman–Crippen MR) is 49.2 cm³/mol. The lowest BCUT2D eigenvalue weighted by Gasteiger charge is -2.11. The Labute approximate surface area is 76.7 Å². The molecular formula is C10H12FNO. The van der Waals surface area contributed by atoms with Crippen LogP contribution in [0.2, 0.25) is 0 Å². The van der Waals surface area contributed by atoms with E-state index < -0.39 is 0 Å². The Hall–Kier alpha value is -1.09. The van der Waals surface area contributed by atoms with Crippen molar-refractivity contribution in [3.63, 3.8) is 0 Å². The van der Waals surface area contributed by atoms with Crippen molar-refractivity contribution in [1.82, 2.24) is 0 Å². The fourth-order valence-electron chi connectivity index (χ4n) is 1.43. The molecule has 1 aromatic carbocycles. The summed E-state index contributed by atoms with van der Waals surface area (Å²) in [5, 5.41) is 3.28. The number of halogens is 1. The Morgan fingerprint density at radius 1 is 1.31 bits per heavy atom. The van der Waals surface area contributed by atoms with Crippen molar-refractivity contribution in [3.8, 4) is 0 Å². The summed E-state index contributed by atoms with van der Waals surface area (Å²) >= 11 is 0. The number of nitrogens with one attached hydrogen (secondary N) is 1. The molecule has 1 fully saturated rings. The zero-order chi connectivity index (χ0) is 9.10. The molecular weight excluding hydrogens is 169 g/mol. The van der Waals surface area contributed by atoms with Crippen LogP contribution in [0.5, 0.6) is 0 Å². The molecule has 1 aliphatic heterocycles. The highest BCUT2D eigenvalue weighted by molar-refractivity contribution is 5.43. The first kappa shape index (κ1) is 8.51. The van der Waals surface area contributed by atoms with Crippen molar-refractivity contribution in [3.05, 3.63) is 30.1 Å². The van der Waals surface area contributed by atoms with Gasteiger partial charge >= 0.3 is 0 Å². The van der Waals surface area contributed by atoms with Crippen LogP contribution in [-0.4, -0.2) is 19.3 Å². The van der Waals surface area contributed by atoms with Crippen LogP contribution in [0.25, 0.3) is 0 Å². The van der Waals surface area contributed by atoms with Gasteiger partial charge in [-0.25, -0.2) is 4.39 Å². The summed E-state index contributed by atoms with van der Waals surface area (Å²) in [4.78, 5) is 0. The van der Waals surface area contributed by atoms with Crippen molar-refractivity contribution in [2.24, 2.45) is 0 Å². The number of hydrogen-bond donors (Lipinski definition) is 1. The number of hydrogen-bond acceptors (Lipinski definition) is 2. The van der Waals surface area contributed by atoms with Crippen LogP contribution in [0.4, 0.5) is 10.1 Å². The first-order valence-electron chi connectivity index (χ1n) is 4.44. The van der Waals surface area contributed by atoms with Gasteiger partial charge in [0, 0.05) is 12.3 Å². The van der Waals surface area contributed by atoms with Gasteiger partial charge in [-0.05, 0) is 30.7 Å². The second kappa shape index (κ2) is 3.75. The van der Waals surface area contributed by atoms with Gasteiger partial charge in [0.25, 0.3) is 0 Å². The monoisotopic (exact) mass is 181 g/mol. The lowest BCUT2D eigenvalue weighted by atomic mass is 10.2. The zero-order valence-corrected chi connectivity index (χ0v) is 7.29. The lowest BCUT2D eigenvalue weighted by molar-refractivity contribution is 0.195. The van der Waals surface area contributed by atoms with Crippen LogP contribution in [0.1, 0.15) is 6.42 Å². The summed E-state index contributed by atoms with van der Waals surface area (Å²) in [5.74, 6) is -0.201. The minimum Gasteiger partial charge on any atom is -0.380 e. The van der Waals surface area contributed by atoms with Gasteiger partial charge in [-0.1, -0.05) is 0 Å². The fourth-order valence-corrected chi connectivity index (χ4v) is 1.43. The summed E-state index contributed by atoms with van der Waals surface area (Å²) in [7, 11) is 0. The third-order valence-corrected chi connectivity index (χ3v) is 2.14. The Balaban J connectivity index is 1.97. The molecule has 0 radical (unpaired) electrons. The van der Waals surface area contributed by atoms with Crippen LogP contribution in [0.15, 0.2) is 24.3 Å². The molecule has 1 saturated heterocycles. The third kappa shape index (κ3) is 2.18. The largest absolute Gasteiger partial charge is 0.380 e. The molecule has 0 saturated carbocycles. The van der Waals surface area contributed by atoms with E-state index in [-0.39, 0.29) is 5.82 Å². The highest BCUT2D eigenvalue weighted by atomic mass is 19.1. The maximum absolute atomic E-state index is 12.5. The maximum Gasteiger partial charge on any atom is 0.123 e. The van der Waals surface area contributed by atoms with E-state index in [2.05, 4.69) is 5.32 Å². The first-order chi connectivity index (χ1) is 6.34. The van der Waals surface area contributed by atoms with E-state index in [0.29, 0.717) is 6.04 Å². The van der Waals surface area contributed by atoms with Crippen molar-refractivity contribution in [2.45, 2.75) is 12.5 Å². The second-order valence-electron chi connectivity index (χ2n) is 3.21. The Morgan fingerprint density at radius 2 is 2.08 bits per heavy atom. The molecule has 0 bridgehead atoms. The molecule has 3 heteroatoms. The molecule has 2 rings (SSSR count). The van der Waals surface area contributed by atoms with Gasteiger partial charge in [0.05, 0.1) is 12.6 Å². The van der Waals surface area contributed by atoms with Crippen LogP contribution in [0, 0.1) is 5.82 Å². The highest BCUT2D eigenvalue weighted by Crippen LogP contribution is 2.13. The van der Waals surface area contributed by atoms with E-state index in [1.807, 2.05) is 0 Å². The molecule has 1 unspecified atom stereocenters. The van der Waals surface area contributed by atoms with Crippen LogP contribution >= 0.6 is 0 Å². The summed E-state index contributed by atoms with van der Waals surface area (Å²) < 4.78 is 17.8. The highest BCUT2D eigenvalue weighted by Gasteiger charge is 2.14. The van der Waals surface area contributed by atoms with Crippen molar-refractivity contribution in [2.75, 3.05) is 18.5 Å². The van der Waals surface area contributed by atoms with Crippen molar-refractivity contribution >= 4 is 5.69 Å². The number of rotatable bonds is 2. The minimum atomic E-state index is -0.201. The van der Waals surface area contributed by atoms with Gasteiger partial charge in [0.15, 0.2) is 0 Å². The van der Waals surface area contributed by atoms with E-state index in [4.69, 9.17) is 4.74 Å². The molecule has 0 spiro atoms. The number of benzene rings is 1. The van der Waals surface area contributed by atoms with E-state index in [0.717, 1.165) is 25.3 Å². The molecule has 0 aliphatic carbocycles. The molecule has 1 aromatic rings. The van der Waals surface area contributed by atoms with Gasteiger partial charge in [-0.15, -0.1) is 0 Å². The molecule has 0 aromatic heterocycles. The Bertz CT molecular complexity index is 267. The van der Waals surface area contributed by atoms with E-state index in [1.165, 1.54) is 12.1 Å². The normalized spacial score (nSPS) is 21.8. The van der Waals surface area contributed by atoms with Gasteiger partial charge < -0.3 is 10.1 Å². The van der Waals surface area contributed by atoms with Crippen molar-refractivity contribution in [1.29, 1.82) is 0 Å². The summed E-state index contributed by atoms with van der Waals surface area (Å²) in [6, 6.07) is 6.78. The number of ether oxygens (including phenoxy) is 1. The van der Waals surface area contributed by atoms with E-state index in [9.17, 15) is 4.39 Å². The quantitative estimate of drug-likeness (QED) is 0.753. The molecule has 1 heterocycles. The number of anilines is 1. The molecule has 2 nitrogen and oxygen atoms in total. The summed E-state index contributed by atoms with van der Waals surface area (Å²) in [6.45, 7) is 1.57. The van der Waals surface area contributed by atoms with Crippen molar-refractivity contribution < 1.29 is 9.13 Å². The third-order valence-electron chi connectivity index (χ3n) is 2.14. The zero-order valence-electron chi connectivity index (χ0n) is 7.29. The van der Waals surface area contributed by atoms with E-state index in [1.54, 1.807) is 12.1 Å². The van der Waals surface area contributed by atoms with Crippen LogP contribution < -0.4 is 5.32 Å². The average molecular weight is 181 g/mol. The SMILES string of the molecule is Fc1ccc(NC2CCOC2)cc1. The predicted octanol–water partition coefficient (Wildman–Crippen LogP) is 2.03. The molecule has 1 N–H and O–H groups in total. The second-order valence-corrected chi connectivity index (χ2v) is 3.21. The summed E-state index contributed by atoms with van der Waals surface area (Å²) in [6.07, 6.45) is 1.03. The molecule has 13 heavy (non-hydrogen) atoms. The first-order valence-corrected chi connectivity index (χ1v) is 4.44. The van der Waals surface area contributed by atoms with Gasteiger partial charge in [0.1, 0.15) is 5.82 Å². The molecule has 1 aliphatic rings. The Morgan fingerprint density at radius 3 is 2.69 bits per heavy atom. The molecule has 0 amide bonds. The maximum atomic E-state index is 12.5. The minimum absolute atomic E-state index is 0.201. The smallest absolute Gasteiger partial charge is 0.123 e. The van der Waals surface area contributed by atoms with Gasteiger partial charge in [-0.2, -0.15) is 0 Å². The van der Waals surface area contributed by atoms with Gasteiger partial charge in [-0.3, -0.25) is 0 Å². The lowest BCUT2D eigenvalue weighted by Crippen LogP contribution is -2.18. The Kier molecular flexibility index (Phi) is 2.45. The standard InChI is InChI=1S/C10H12FNO/c11-8-1-3-9(4-2-8)12-10-5-6-13-7-10/h1-4,10,12H,5-7H2. The van der Waals surface area contributed by atoms with Crippen LogP contribution in [0.3, 0.4) is 0 Å². The molecule has 1 atom stereocenters. The summed E-state index contributed by atoms with van der Waals surface area (Å²) in [5.41, 5.74) is 0.955. The van der Waals surface area contributed by atoms with E-state index >= 15 is 0 Å². The fraction of sp³-hybridized carbons (Fsp3) is 0.400.